The van der Waals surface area contributed by atoms with Crippen LogP contribution in [0.25, 0.3) is 22.6 Å². The number of nitrogens with zero attached hydrogens (tertiary/aromatic N) is 3. The molecule has 5 nitrogen and oxygen atoms in total. The number of aromatic amines is 1. The van der Waals surface area contributed by atoms with Gasteiger partial charge in [-0.05, 0) is 36.5 Å². The van der Waals surface area contributed by atoms with E-state index in [9.17, 15) is 0 Å². The molecular weight excluding hydrogens is 238 g/mol. The molecule has 0 amide bonds. The second kappa shape index (κ2) is 3.78. The Hall–Kier alpha value is -2.43. The van der Waals surface area contributed by atoms with E-state index in [-0.39, 0.29) is 0 Å². The van der Waals surface area contributed by atoms with Gasteiger partial charge in [0.2, 0.25) is 0 Å². The van der Waals surface area contributed by atoms with Crippen LogP contribution in [0.2, 0.25) is 0 Å². The Labute approximate surface area is 109 Å². The summed E-state index contributed by atoms with van der Waals surface area (Å²) in [6, 6.07) is 6.42. The Morgan fingerprint density at radius 2 is 2.00 bits per heavy atom. The molecule has 0 radical (unpaired) electrons. The molecule has 0 saturated heterocycles. The van der Waals surface area contributed by atoms with Crippen molar-refractivity contribution in [3.63, 3.8) is 0 Å². The zero-order valence-corrected chi connectivity index (χ0v) is 10.3. The zero-order valence-electron chi connectivity index (χ0n) is 10.3. The molecule has 2 heterocycles. The fourth-order valence-electron chi connectivity index (χ4n) is 2.70. The minimum absolute atomic E-state index is 0.443. The lowest BCUT2D eigenvalue weighted by atomic mass is 10.1. The van der Waals surface area contributed by atoms with Gasteiger partial charge in [-0.15, -0.1) is 0 Å². The largest absolute Gasteiger partial charge is 0.382 e. The highest BCUT2D eigenvalue weighted by molar-refractivity contribution is 5.83. The fraction of sp³-hybridized carbons (Fsp3) is 0.214. The van der Waals surface area contributed by atoms with Crippen LogP contribution in [0.4, 0.5) is 5.82 Å². The van der Waals surface area contributed by atoms with Crippen molar-refractivity contribution in [2.24, 2.45) is 0 Å². The molecular formula is C14H13N5. The summed E-state index contributed by atoms with van der Waals surface area (Å²) in [5.41, 5.74) is 11.1. The number of nitrogens with one attached hydrogen (secondary N) is 1. The van der Waals surface area contributed by atoms with Crippen LogP contribution in [-0.4, -0.2) is 19.9 Å². The van der Waals surface area contributed by atoms with E-state index in [1.54, 1.807) is 6.33 Å². The Morgan fingerprint density at radius 3 is 2.95 bits per heavy atom. The third kappa shape index (κ3) is 1.58. The van der Waals surface area contributed by atoms with Gasteiger partial charge in [0.1, 0.15) is 5.52 Å². The van der Waals surface area contributed by atoms with E-state index in [4.69, 9.17) is 5.73 Å². The molecule has 19 heavy (non-hydrogen) atoms. The van der Waals surface area contributed by atoms with Crippen molar-refractivity contribution in [3.05, 3.63) is 35.7 Å². The summed E-state index contributed by atoms with van der Waals surface area (Å²) in [5.74, 6) is 1.09. The van der Waals surface area contributed by atoms with Crippen LogP contribution in [0, 0.1) is 0 Å². The molecule has 3 N–H and O–H groups in total. The number of fused-ring (bicyclic) bond motifs is 2. The van der Waals surface area contributed by atoms with Crippen molar-refractivity contribution < 1.29 is 0 Å². The summed E-state index contributed by atoms with van der Waals surface area (Å²) < 4.78 is 0. The number of imidazole rings is 1. The molecule has 5 heteroatoms. The van der Waals surface area contributed by atoms with Gasteiger partial charge in [-0.3, -0.25) is 0 Å². The van der Waals surface area contributed by atoms with E-state index in [1.165, 1.54) is 24.0 Å². The van der Waals surface area contributed by atoms with Crippen LogP contribution in [0.5, 0.6) is 0 Å². The lowest BCUT2D eigenvalue weighted by molar-refractivity contribution is 0.912. The first kappa shape index (κ1) is 10.5. The molecule has 1 aliphatic carbocycles. The van der Waals surface area contributed by atoms with Gasteiger partial charge in [0, 0.05) is 5.56 Å². The summed E-state index contributed by atoms with van der Waals surface area (Å²) >= 11 is 0. The van der Waals surface area contributed by atoms with Gasteiger partial charge in [-0.1, -0.05) is 12.1 Å². The smallest absolute Gasteiger partial charge is 0.183 e. The van der Waals surface area contributed by atoms with Crippen LogP contribution in [0.3, 0.4) is 0 Å². The Kier molecular flexibility index (Phi) is 2.09. The molecule has 3 aromatic rings. The van der Waals surface area contributed by atoms with Gasteiger partial charge in [-0.2, -0.15) is 0 Å². The Balaban J connectivity index is 1.89. The predicted octanol–water partition coefficient (Wildman–Crippen LogP) is 2.09. The van der Waals surface area contributed by atoms with Crippen molar-refractivity contribution in [1.29, 1.82) is 0 Å². The molecule has 0 fully saturated rings. The number of H-pyrrole nitrogens is 1. The van der Waals surface area contributed by atoms with Crippen molar-refractivity contribution in [1.82, 2.24) is 19.9 Å². The van der Waals surface area contributed by atoms with Gasteiger partial charge in [0.15, 0.2) is 17.3 Å². The van der Waals surface area contributed by atoms with Crippen LogP contribution in [0.15, 0.2) is 24.5 Å². The number of aromatic nitrogens is 4. The van der Waals surface area contributed by atoms with Crippen molar-refractivity contribution >= 4 is 17.0 Å². The highest BCUT2D eigenvalue weighted by Crippen LogP contribution is 2.27. The molecule has 0 aliphatic heterocycles. The first-order valence-electron chi connectivity index (χ1n) is 6.40. The lowest BCUT2D eigenvalue weighted by Gasteiger charge is -2.05. The fourth-order valence-corrected chi connectivity index (χ4v) is 2.70. The maximum Gasteiger partial charge on any atom is 0.183 e. The second-order valence-electron chi connectivity index (χ2n) is 4.87. The number of hydrogen-bond donors (Lipinski definition) is 2. The summed E-state index contributed by atoms with van der Waals surface area (Å²) in [6.45, 7) is 0. The number of hydrogen-bond acceptors (Lipinski definition) is 4. The SMILES string of the molecule is Nc1nc(-c2ccc3c(c2)CCC3)nc2nc[nH]c12. The quantitative estimate of drug-likeness (QED) is 0.694. The molecule has 0 unspecified atom stereocenters. The monoisotopic (exact) mass is 251 g/mol. The Morgan fingerprint density at radius 1 is 1.11 bits per heavy atom. The minimum atomic E-state index is 0.443. The molecule has 2 aromatic heterocycles. The third-order valence-electron chi connectivity index (χ3n) is 3.67. The third-order valence-corrected chi connectivity index (χ3v) is 3.67. The van der Waals surface area contributed by atoms with E-state index < -0.39 is 0 Å². The Bertz CT molecular complexity index is 775. The maximum atomic E-state index is 5.93. The van der Waals surface area contributed by atoms with E-state index in [0.29, 0.717) is 22.8 Å². The minimum Gasteiger partial charge on any atom is -0.382 e. The van der Waals surface area contributed by atoms with Crippen LogP contribution < -0.4 is 5.73 Å². The molecule has 0 atom stereocenters. The number of nitrogens with two attached hydrogens (primary N) is 1. The first-order valence-corrected chi connectivity index (χ1v) is 6.40. The molecule has 4 rings (SSSR count). The van der Waals surface area contributed by atoms with Crippen molar-refractivity contribution in [2.45, 2.75) is 19.3 Å². The van der Waals surface area contributed by atoms with E-state index in [0.717, 1.165) is 12.0 Å². The second-order valence-corrected chi connectivity index (χ2v) is 4.87. The normalized spacial score (nSPS) is 13.9. The number of rotatable bonds is 1. The summed E-state index contributed by atoms with van der Waals surface area (Å²) in [6.07, 6.45) is 5.14. The molecule has 1 aromatic carbocycles. The molecule has 1 aliphatic rings. The molecule has 94 valence electrons. The van der Waals surface area contributed by atoms with Crippen molar-refractivity contribution in [3.8, 4) is 11.4 Å². The number of aryl methyl sites for hydroxylation is 2. The lowest BCUT2D eigenvalue weighted by Crippen LogP contribution is -1.98. The molecule has 0 saturated carbocycles. The standard InChI is InChI=1S/C14H13N5/c15-12-11-14(17-7-16-11)19-13(18-12)10-5-4-8-2-1-3-9(8)6-10/h4-7H,1-3H2,(H3,15,16,17,18,19). The van der Waals surface area contributed by atoms with Gasteiger partial charge < -0.3 is 10.7 Å². The van der Waals surface area contributed by atoms with E-state index in [2.05, 4.69) is 38.1 Å². The van der Waals surface area contributed by atoms with Gasteiger partial charge in [-0.25, -0.2) is 15.0 Å². The highest BCUT2D eigenvalue weighted by Gasteiger charge is 2.14. The van der Waals surface area contributed by atoms with Gasteiger partial charge in [0.05, 0.1) is 6.33 Å². The van der Waals surface area contributed by atoms with Crippen LogP contribution in [-0.2, 0) is 12.8 Å². The summed E-state index contributed by atoms with van der Waals surface area (Å²) in [7, 11) is 0. The molecule has 0 bridgehead atoms. The van der Waals surface area contributed by atoms with Crippen LogP contribution >= 0.6 is 0 Å². The van der Waals surface area contributed by atoms with Gasteiger partial charge >= 0.3 is 0 Å². The van der Waals surface area contributed by atoms with E-state index in [1.807, 2.05) is 0 Å². The highest BCUT2D eigenvalue weighted by atomic mass is 15.0. The summed E-state index contributed by atoms with van der Waals surface area (Å²) in [4.78, 5) is 15.9. The summed E-state index contributed by atoms with van der Waals surface area (Å²) in [5, 5.41) is 0. The predicted molar refractivity (Wildman–Crippen MR) is 73.6 cm³/mol. The zero-order chi connectivity index (χ0) is 12.8. The maximum absolute atomic E-state index is 5.93. The molecule has 0 spiro atoms. The van der Waals surface area contributed by atoms with Crippen molar-refractivity contribution in [2.75, 3.05) is 5.73 Å². The number of anilines is 1. The number of benzene rings is 1. The van der Waals surface area contributed by atoms with E-state index >= 15 is 0 Å². The van der Waals surface area contributed by atoms with Gasteiger partial charge in [0.25, 0.3) is 0 Å². The topological polar surface area (TPSA) is 80.5 Å². The first-order chi connectivity index (χ1) is 9.31. The average Bonchev–Trinajstić information content (AvgIpc) is 3.06. The number of nitrogen functional groups attached to an aromatic ring is 1. The van der Waals surface area contributed by atoms with Crippen LogP contribution in [0.1, 0.15) is 17.5 Å². The average molecular weight is 251 g/mol.